The van der Waals surface area contributed by atoms with Gasteiger partial charge in [-0.15, -0.1) is 0 Å². The monoisotopic (exact) mass is 313 g/mol. The van der Waals surface area contributed by atoms with Crippen LogP contribution in [0.2, 0.25) is 5.02 Å². The Morgan fingerprint density at radius 2 is 2.10 bits per heavy atom. The van der Waals surface area contributed by atoms with Crippen molar-refractivity contribution in [2.24, 2.45) is 0 Å². The Kier molecular flexibility index (Phi) is 5.85. The van der Waals surface area contributed by atoms with E-state index in [-0.39, 0.29) is 24.9 Å². The SMILES string of the molecule is O=C(O)CCOC1CCN(Cc2cc(Cl)ccc2O)CC1. The Morgan fingerprint density at radius 1 is 1.38 bits per heavy atom. The third kappa shape index (κ3) is 5.19. The number of aromatic hydroxyl groups is 1. The molecule has 1 aromatic carbocycles. The molecule has 6 heteroatoms. The predicted molar refractivity (Wildman–Crippen MR) is 79.6 cm³/mol. The molecule has 1 heterocycles. The molecule has 1 aliphatic rings. The van der Waals surface area contributed by atoms with Gasteiger partial charge in [0.15, 0.2) is 0 Å². The largest absolute Gasteiger partial charge is 0.508 e. The molecule has 0 spiro atoms. The van der Waals surface area contributed by atoms with Gasteiger partial charge >= 0.3 is 5.97 Å². The predicted octanol–water partition coefficient (Wildman–Crippen LogP) is 2.50. The number of phenols is 1. The Bertz CT molecular complexity index is 487. The summed E-state index contributed by atoms with van der Waals surface area (Å²) in [6.45, 7) is 2.66. The number of benzene rings is 1. The molecule has 1 aromatic rings. The van der Waals surface area contributed by atoms with Crippen molar-refractivity contribution in [1.82, 2.24) is 4.90 Å². The van der Waals surface area contributed by atoms with Crippen molar-refractivity contribution in [3.63, 3.8) is 0 Å². The van der Waals surface area contributed by atoms with Crippen molar-refractivity contribution in [3.05, 3.63) is 28.8 Å². The maximum atomic E-state index is 10.4. The number of rotatable bonds is 6. The second-order valence-corrected chi connectivity index (χ2v) is 5.70. The summed E-state index contributed by atoms with van der Waals surface area (Å²) in [4.78, 5) is 12.7. The minimum atomic E-state index is -0.830. The average Bonchev–Trinajstić information content (AvgIpc) is 2.44. The maximum absolute atomic E-state index is 10.4. The summed E-state index contributed by atoms with van der Waals surface area (Å²) in [6, 6.07) is 5.06. The smallest absolute Gasteiger partial charge is 0.305 e. The molecule has 0 aromatic heterocycles. The van der Waals surface area contributed by atoms with E-state index in [1.54, 1.807) is 18.2 Å². The molecule has 0 unspecified atom stereocenters. The zero-order valence-electron chi connectivity index (χ0n) is 11.8. The number of likely N-dealkylation sites (tertiary alicyclic amines) is 1. The molecule has 0 saturated carbocycles. The molecule has 0 amide bonds. The fraction of sp³-hybridized carbons (Fsp3) is 0.533. The van der Waals surface area contributed by atoms with Crippen molar-refractivity contribution in [3.8, 4) is 5.75 Å². The van der Waals surface area contributed by atoms with Gasteiger partial charge in [-0.3, -0.25) is 9.69 Å². The summed E-state index contributed by atoms with van der Waals surface area (Å²) in [7, 11) is 0. The number of halogens is 1. The lowest BCUT2D eigenvalue weighted by Gasteiger charge is -2.32. The van der Waals surface area contributed by atoms with Gasteiger partial charge in [0.2, 0.25) is 0 Å². The van der Waals surface area contributed by atoms with E-state index in [1.807, 2.05) is 0 Å². The maximum Gasteiger partial charge on any atom is 0.305 e. The lowest BCUT2D eigenvalue weighted by molar-refractivity contribution is -0.138. The minimum Gasteiger partial charge on any atom is -0.508 e. The summed E-state index contributed by atoms with van der Waals surface area (Å²) in [5.41, 5.74) is 0.827. The minimum absolute atomic E-state index is 0.0522. The first kappa shape index (κ1) is 16.1. The van der Waals surface area contributed by atoms with E-state index in [0.717, 1.165) is 31.5 Å². The van der Waals surface area contributed by atoms with Crippen LogP contribution in [-0.4, -0.2) is 46.9 Å². The number of hydrogen-bond donors (Lipinski definition) is 2. The fourth-order valence-corrected chi connectivity index (χ4v) is 2.66. The fourth-order valence-electron chi connectivity index (χ4n) is 2.47. The Morgan fingerprint density at radius 3 is 2.76 bits per heavy atom. The highest BCUT2D eigenvalue weighted by molar-refractivity contribution is 6.30. The van der Waals surface area contributed by atoms with Crippen molar-refractivity contribution in [2.75, 3.05) is 19.7 Å². The first-order valence-electron chi connectivity index (χ1n) is 7.08. The summed E-state index contributed by atoms with van der Waals surface area (Å²) in [5.74, 6) is -0.567. The first-order chi connectivity index (χ1) is 10.0. The van der Waals surface area contributed by atoms with E-state index < -0.39 is 5.97 Å². The number of ether oxygens (including phenoxy) is 1. The Balaban J connectivity index is 1.76. The third-order valence-corrected chi connectivity index (χ3v) is 3.87. The summed E-state index contributed by atoms with van der Waals surface area (Å²) in [6.07, 6.45) is 1.94. The lowest BCUT2D eigenvalue weighted by atomic mass is 10.1. The van der Waals surface area contributed by atoms with Crippen LogP contribution >= 0.6 is 11.6 Å². The highest BCUT2D eigenvalue weighted by Gasteiger charge is 2.20. The molecule has 1 aliphatic heterocycles. The Hall–Kier alpha value is -1.30. The second-order valence-electron chi connectivity index (χ2n) is 5.26. The number of carboxylic acids is 1. The first-order valence-corrected chi connectivity index (χ1v) is 7.45. The molecule has 0 bridgehead atoms. The molecule has 5 nitrogen and oxygen atoms in total. The molecule has 0 atom stereocenters. The molecule has 0 radical (unpaired) electrons. The van der Waals surface area contributed by atoms with Gasteiger partial charge in [-0.1, -0.05) is 11.6 Å². The van der Waals surface area contributed by atoms with Crippen molar-refractivity contribution >= 4 is 17.6 Å². The van der Waals surface area contributed by atoms with Crippen molar-refractivity contribution < 1.29 is 19.7 Å². The van der Waals surface area contributed by atoms with Gasteiger partial charge in [0.25, 0.3) is 0 Å². The quantitative estimate of drug-likeness (QED) is 0.844. The van der Waals surface area contributed by atoms with Gasteiger partial charge < -0.3 is 14.9 Å². The van der Waals surface area contributed by atoms with Crippen LogP contribution in [0.15, 0.2) is 18.2 Å². The van der Waals surface area contributed by atoms with Gasteiger partial charge in [-0.25, -0.2) is 0 Å². The summed E-state index contributed by atoms with van der Waals surface area (Å²) in [5, 5.41) is 19.0. The zero-order valence-corrected chi connectivity index (χ0v) is 12.6. The number of hydrogen-bond acceptors (Lipinski definition) is 4. The molecule has 1 fully saturated rings. The highest BCUT2D eigenvalue weighted by atomic mass is 35.5. The highest BCUT2D eigenvalue weighted by Crippen LogP contribution is 2.24. The zero-order chi connectivity index (χ0) is 15.2. The molecular formula is C15H20ClNO4. The topological polar surface area (TPSA) is 70.0 Å². The average molecular weight is 314 g/mol. The van der Waals surface area contributed by atoms with Crippen LogP contribution in [0.1, 0.15) is 24.8 Å². The van der Waals surface area contributed by atoms with Crippen LogP contribution in [-0.2, 0) is 16.1 Å². The van der Waals surface area contributed by atoms with Gasteiger partial charge in [-0.2, -0.15) is 0 Å². The number of nitrogens with zero attached hydrogens (tertiary/aromatic N) is 1. The third-order valence-electron chi connectivity index (χ3n) is 3.64. The number of carboxylic acid groups (broad SMARTS) is 1. The van der Waals surface area contributed by atoms with Crippen molar-refractivity contribution in [1.29, 1.82) is 0 Å². The molecular weight excluding hydrogens is 294 g/mol. The molecule has 1 saturated heterocycles. The number of piperidine rings is 1. The molecule has 116 valence electrons. The van der Waals surface area contributed by atoms with Crippen LogP contribution in [0.5, 0.6) is 5.75 Å². The van der Waals surface area contributed by atoms with E-state index in [4.69, 9.17) is 21.4 Å². The van der Waals surface area contributed by atoms with E-state index in [0.29, 0.717) is 11.6 Å². The summed E-state index contributed by atoms with van der Waals surface area (Å²) >= 11 is 5.94. The number of aliphatic carboxylic acids is 1. The molecule has 2 N–H and O–H groups in total. The van der Waals surface area contributed by atoms with Gasteiger partial charge in [0.1, 0.15) is 5.75 Å². The molecule has 21 heavy (non-hydrogen) atoms. The van der Waals surface area contributed by atoms with Crippen LogP contribution in [0.3, 0.4) is 0 Å². The van der Waals surface area contributed by atoms with Gasteiger partial charge in [0, 0.05) is 30.2 Å². The standard InChI is InChI=1S/C15H20ClNO4/c16-12-1-2-14(18)11(9-12)10-17-6-3-13(4-7-17)21-8-5-15(19)20/h1-2,9,13,18H,3-8,10H2,(H,19,20). The molecule has 2 rings (SSSR count). The second kappa shape index (κ2) is 7.64. The normalized spacial score (nSPS) is 17.0. The van der Waals surface area contributed by atoms with Crippen LogP contribution in [0, 0.1) is 0 Å². The molecule has 0 aliphatic carbocycles. The van der Waals surface area contributed by atoms with Crippen molar-refractivity contribution in [2.45, 2.75) is 31.9 Å². The van der Waals surface area contributed by atoms with E-state index in [2.05, 4.69) is 4.90 Å². The van der Waals surface area contributed by atoms with E-state index >= 15 is 0 Å². The van der Waals surface area contributed by atoms with Crippen LogP contribution < -0.4 is 0 Å². The van der Waals surface area contributed by atoms with E-state index in [9.17, 15) is 9.90 Å². The van der Waals surface area contributed by atoms with Gasteiger partial charge in [0.05, 0.1) is 19.1 Å². The number of carbonyl (C=O) groups is 1. The lowest BCUT2D eigenvalue weighted by Crippen LogP contribution is -2.36. The van der Waals surface area contributed by atoms with Crippen LogP contribution in [0.4, 0.5) is 0 Å². The Labute approximate surface area is 129 Å². The van der Waals surface area contributed by atoms with E-state index in [1.165, 1.54) is 0 Å². The van der Waals surface area contributed by atoms with Gasteiger partial charge in [-0.05, 0) is 31.0 Å². The van der Waals surface area contributed by atoms with Crippen LogP contribution in [0.25, 0.3) is 0 Å². The number of phenolic OH excluding ortho intramolecular Hbond substituents is 1. The summed E-state index contributed by atoms with van der Waals surface area (Å²) < 4.78 is 5.56.